The van der Waals surface area contributed by atoms with Gasteiger partial charge in [0, 0.05) is 27.7 Å². The molecule has 0 amide bonds. The monoisotopic (exact) mass is 294 g/mol. The standard InChI is InChI=1S/C13H8Cl2N2S/c14-9-1-2-11(15)10(5-9)12-6-16-13(17-12)8-3-4-18-7-8/h1-7H,(H,16,17). The number of hydrogen-bond donors (Lipinski definition) is 1. The van der Waals surface area contributed by atoms with Gasteiger partial charge >= 0.3 is 0 Å². The van der Waals surface area contributed by atoms with Crippen molar-refractivity contribution in [2.24, 2.45) is 0 Å². The number of benzene rings is 1. The summed E-state index contributed by atoms with van der Waals surface area (Å²) in [5.74, 6) is 0.835. The van der Waals surface area contributed by atoms with Crippen LogP contribution >= 0.6 is 34.5 Å². The molecule has 5 heteroatoms. The number of H-pyrrole nitrogens is 1. The highest BCUT2D eigenvalue weighted by Gasteiger charge is 2.09. The Balaban J connectivity index is 2.05. The second-order valence-corrected chi connectivity index (χ2v) is 5.39. The summed E-state index contributed by atoms with van der Waals surface area (Å²) in [4.78, 5) is 7.68. The summed E-state index contributed by atoms with van der Waals surface area (Å²) in [5.41, 5.74) is 2.70. The molecule has 18 heavy (non-hydrogen) atoms. The Morgan fingerprint density at radius 2 is 2.06 bits per heavy atom. The van der Waals surface area contributed by atoms with E-state index >= 15 is 0 Å². The quantitative estimate of drug-likeness (QED) is 0.699. The van der Waals surface area contributed by atoms with E-state index in [2.05, 4.69) is 9.97 Å². The molecule has 0 aliphatic rings. The van der Waals surface area contributed by atoms with Gasteiger partial charge in [0.1, 0.15) is 5.82 Å². The number of hydrogen-bond acceptors (Lipinski definition) is 2. The lowest BCUT2D eigenvalue weighted by atomic mass is 10.2. The van der Waals surface area contributed by atoms with Crippen LogP contribution in [0.1, 0.15) is 0 Å². The summed E-state index contributed by atoms with van der Waals surface area (Å²) < 4.78 is 0. The van der Waals surface area contributed by atoms with Gasteiger partial charge in [0.05, 0.1) is 10.7 Å². The molecule has 2 aromatic heterocycles. The van der Waals surface area contributed by atoms with Crippen LogP contribution in [-0.4, -0.2) is 9.97 Å². The van der Waals surface area contributed by atoms with Crippen molar-refractivity contribution < 1.29 is 0 Å². The normalized spacial score (nSPS) is 10.8. The number of thiophene rings is 1. The van der Waals surface area contributed by atoms with Gasteiger partial charge in [-0.05, 0) is 29.6 Å². The average Bonchev–Trinajstić information content (AvgIpc) is 3.00. The lowest BCUT2D eigenvalue weighted by molar-refractivity contribution is 1.32. The number of aromatic nitrogens is 2. The van der Waals surface area contributed by atoms with Crippen molar-refractivity contribution in [2.45, 2.75) is 0 Å². The van der Waals surface area contributed by atoms with Crippen LogP contribution in [0.2, 0.25) is 10.0 Å². The molecule has 0 unspecified atom stereocenters. The molecule has 0 aliphatic carbocycles. The van der Waals surface area contributed by atoms with Crippen molar-refractivity contribution in [3.05, 3.63) is 51.3 Å². The number of rotatable bonds is 2. The van der Waals surface area contributed by atoms with E-state index in [4.69, 9.17) is 23.2 Å². The maximum atomic E-state index is 6.15. The molecule has 0 bridgehead atoms. The van der Waals surface area contributed by atoms with E-state index in [0.29, 0.717) is 10.0 Å². The van der Waals surface area contributed by atoms with Crippen molar-refractivity contribution in [3.8, 4) is 22.6 Å². The van der Waals surface area contributed by atoms with Crippen LogP contribution < -0.4 is 0 Å². The third kappa shape index (κ3) is 2.17. The van der Waals surface area contributed by atoms with E-state index in [1.54, 1.807) is 23.5 Å². The highest BCUT2D eigenvalue weighted by molar-refractivity contribution is 7.08. The van der Waals surface area contributed by atoms with E-state index in [1.165, 1.54) is 0 Å². The van der Waals surface area contributed by atoms with Crippen molar-refractivity contribution >= 4 is 34.5 Å². The number of halogens is 2. The minimum Gasteiger partial charge on any atom is -0.344 e. The van der Waals surface area contributed by atoms with Crippen LogP contribution in [-0.2, 0) is 0 Å². The van der Waals surface area contributed by atoms with Crippen LogP contribution in [0.25, 0.3) is 22.6 Å². The molecule has 90 valence electrons. The van der Waals surface area contributed by atoms with Crippen molar-refractivity contribution in [1.82, 2.24) is 9.97 Å². The fraction of sp³-hybridized carbons (Fsp3) is 0. The van der Waals surface area contributed by atoms with Crippen LogP contribution in [0, 0.1) is 0 Å². The maximum Gasteiger partial charge on any atom is 0.138 e. The summed E-state index contributed by atoms with van der Waals surface area (Å²) in [6.45, 7) is 0. The Morgan fingerprint density at radius 1 is 1.17 bits per heavy atom. The zero-order valence-electron chi connectivity index (χ0n) is 9.15. The third-order valence-corrected chi connectivity index (χ3v) is 3.82. The van der Waals surface area contributed by atoms with Crippen LogP contribution in [0.5, 0.6) is 0 Å². The van der Waals surface area contributed by atoms with Gasteiger partial charge < -0.3 is 4.98 Å². The lowest BCUT2D eigenvalue weighted by Gasteiger charge is -2.00. The zero-order chi connectivity index (χ0) is 12.5. The minimum atomic E-state index is 0.641. The van der Waals surface area contributed by atoms with E-state index in [0.717, 1.165) is 22.6 Å². The molecule has 0 spiro atoms. The number of nitrogens with zero attached hydrogens (tertiary/aromatic N) is 1. The van der Waals surface area contributed by atoms with Gasteiger partial charge in [0.25, 0.3) is 0 Å². The fourth-order valence-corrected chi connectivity index (χ4v) is 2.73. The molecule has 0 radical (unpaired) electrons. The van der Waals surface area contributed by atoms with Crippen molar-refractivity contribution in [3.63, 3.8) is 0 Å². The number of nitrogens with one attached hydrogen (secondary N) is 1. The van der Waals surface area contributed by atoms with Crippen molar-refractivity contribution in [1.29, 1.82) is 0 Å². The summed E-state index contributed by atoms with van der Waals surface area (Å²) in [5, 5.41) is 5.35. The Kier molecular flexibility index (Phi) is 3.12. The highest BCUT2D eigenvalue weighted by Crippen LogP contribution is 2.31. The molecule has 3 aromatic rings. The largest absolute Gasteiger partial charge is 0.344 e. The molecule has 1 aromatic carbocycles. The molecule has 0 saturated carbocycles. The number of aromatic amines is 1. The van der Waals surface area contributed by atoms with Gasteiger partial charge in [-0.25, -0.2) is 4.98 Å². The molecule has 0 fully saturated rings. The minimum absolute atomic E-state index is 0.641. The number of imidazole rings is 1. The topological polar surface area (TPSA) is 28.7 Å². The summed E-state index contributed by atoms with van der Waals surface area (Å²) in [6, 6.07) is 7.38. The Morgan fingerprint density at radius 3 is 2.83 bits per heavy atom. The van der Waals surface area contributed by atoms with Gasteiger partial charge in [0.2, 0.25) is 0 Å². The molecule has 3 rings (SSSR count). The molecule has 2 nitrogen and oxygen atoms in total. The van der Waals surface area contributed by atoms with E-state index in [9.17, 15) is 0 Å². The molecular formula is C13H8Cl2N2S. The van der Waals surface area contributed by atoms with E-state index in [1.807, 2.05) is 29.1 Å². The third-order valence-electron chi connectivity index (χ3n) is 2.58. The smallest absolute Gasteiger partial charge is 0.138 e. The summed E-state index contributed by atoms with van der Waals surface area (Å²) in [7, 11) is 0. The molecule has 1 N–H and O–H groups in total. The first-order chi connectivity index (χ1) is 8.74. The van der Waals surface area contributed by atoms with Gasteiger partial charge in [-0.1, -0.05) is 23.2 Å². The Labute approximate surface area is 118 Å². The first kappa shape index (κ1) is 11.8. The second-order valence-electron chi connectivity index (χ2n) is 3.77. The molecule has 2 heterocycles. The maximum absolute atomic E-state index is 6.15. The Bertz CT molecular complexity index is 674. The predicted molar refractivity (Wildman–Crippen MR) is 77.4 cm³/mol. The summed E-state index contributed by atoms with van der Waals surface area (Å²) >= 11 is 13.8. The predicted octanol–water partition coefficient (Wildman–Crippen LogP) is 5.11. The second kappa shape index (κ2) is 4.76. The first-order valence-corrected chi connectivity index (χ1v) is 6.97. The van der Waals surface area contributed by atoms with Crippen LogP contribution in [0.4, 0.5) is 0 Å². The van der Waals surface area contributed by atoms with E-state index in [-0.39, 0.29) is 0 Å². The van der Waals surface area contributed by atoms with Crippen molar-refractivity contribution in [2.75, 3.05) is 0 Å². The fourth-order valence-electron chi connectivity index (χ4n) is 1.70. The van der Waals surface area contributed by atoms with Gasteiger partial charge in [0.15, 0.2) is 0 Å². The SMILES string of the molecule is Clc1ccc(Cl)c(-c2c[nH]c(-c3ccsc3)n2)c1. The zero-order valence-corrected chi connectivity index (χ0v) is 11.5. The molecule has 0 aliphatic heterocycles. The lowest BCUT2D eigenvalue weighted by Crippen LogP contribution is -1.80. The summed E-state index contributed by atoms with van der Waals surface area (Å²) in [6.07, 6.45) is 1.84. The average molecular weight is 295 g/mol. The van der Waals surface area contributed by atoms with E-state index < -0.39 is 0 Å². The van der Waals surface area contributed by atoms with Gasteiger partial charge in [-0.15, -0.1) is 0 Å². The van der Waals surface area contributed by atoms with Crippen LogP contribution in [0.15, 0.2) is 41.2 Å². The Hall–Kier alpha value is -1.29. The van der Waals surface area contributed by atoms with Crippen LogP contribution in [0.3, 0.4) is 0 Å². The molecule has 0 saturated heterocycles. The molecule has 0 atom stereocenters. The molecular weight excluding hydrogens is 287 g/mol. The van der Waals surface area contributed by atoms with Gasteiger partial charge in [-0.2, -0.15) is 11.3 Å². The highest BCUT2D eigenvalue weighted by atomic mass is 35.5. The van der Waals surface area contributed by atoms with Gasteiger partial charge in [-0.3, -0.25) is 0 Å². The first-order valence-electron chi connectivity index (χ1n) is 5.27.